The highest BCUT2D eigenvalue weighted by molar-refractivity contribution is 6.33. The summed E-state index contributed by atoms with van der Waals surface area (Å²) in [5, 5.41) is 0.629. The molecule has 0 radical (unpaired) electrons. The summed E-state index contributed by atoms with van der Waals surface area (Å²) in [7, 11) is 0. The van der Waals surface area contributed by atoms with E-state index in [1.165, 1.54) is 0 Å². The van der Waals surface area contributed by atoms with Gasteiger partial charge in [-0.15, -0.1) is 0 Å². The van der Waals surface area contributed by atoms with Crippen LogP contribution in [0.3, 0.4) is 0 Å². The molecule has 2 aromatic rings. The molecule has 2 aromatic heterocycles. The molecule has 0 unspecified atom stereocenters. The highest BCUT2D eigenvalue weighted by Crippen LogP contribution is 2.27. The lowest BCUT2D eigenvalue weighted by Gasteiger charge is -2.23. The normalized spacial score (nSPS) is 10.6. The molecule has 0 aliphatic heterocycles. The van der Waals surface area contributed by atoms with E-state index in [9.17, 15) is 0 Å². The van der Waals surface area contributed by atoms with Crippen molar-refractivity contribution in [1.82, 2.24) is 9.97 Å². The van der Waals surface area contributed by atoms with Crippen molar-refractivity contribution in [2.75, 3.05) is 11.4 Å². The Morgan fingerprint density at radius 2 is 2.10 bits per heavy atom. The van der Waals surface area contributed by atoms with Gasteiger partial charge in [-0.1, -0.05) is 17.7 Å². The van der Waals surface area contributed by atoms with E-state index in [1.54, 1.807) is 6.20 Å². The van der Waals surface area contributed by atoms with Crippen LogP contribution in [0.4, 0.5) is 5.82 Å². The Morgan fingerprint density at radius 1 is 1.30 bits per heavy atom. The van der Waals surface area contributed by atoms with E-state index in [-0.39, 0.29) is 0 Å². The van der Waals surface area contributed by atoms with Crippen LogP contribution in [0, 0.1) is 6.92 Å². The third-order valence-electron chi connectivity index (χ3n) is 3.15. The minimum atomic E-state index is 0.411. The maximum absolute atomic E-state index is 6.38. The molecule has 0 aromatic carbocycles. The van der Waals surface area contributed by atoms with Crippen LogP contribution in [0.5, 0.6) is 0 Å². The summed E-state index contributed by atoms with van der Waals surface area (Å²) in [6.07, 6.45) is 1.75. The summed E-state index contributed by atoms with van der Waals surface area (Å²) in [5.41, 5.74) is 8.61. The molecule has 5 heteroatoms. The van der Waals surface area contributed by atoms with Gasteiger partial charge in [-0.2, -0.15) is 0 Å². The van der Waals surface area contributed by atoms with Crippen LogP contribution in [0.25, 0.3) is 0 Å². The van der Waals surface area contributed by atoms with Crippen LogP contribution < -0.4 is 10.6 Å². The number of hydrogen-bond acceptors (Lipinski definition) is 4. The SMILES string of the molecule is CCN(Cc1cccc(C)n1)c1nccc(CN)c1Cl. The predicted octanol–water partition coefficient (Wildman–Crippen LogP) is 2.92. The highest BCUT2D eigenvalue weighted by atomic mass is 35.5. The fourth-order valence-electron chi connectivity index (χ4n) is 2.07. The summed E-state index contributed by atoms with van der Waals surface area (Å²) in [6.45, 7) is 5.95. The molecule has 0 fully saturated rings. The number of anilines is 1. The predicted molar refractivity (Wildman–Crippen MR) is 82.8 cm³/mol. The molecule has 2 rings (SSSR count). The van der Waals surface area contributed by atoms with Gasteiger partial charge in [0.1, 0.15) is 5.82 Å². The number of hydrogen-bond donors (Lipinski definition) is 1. The van der Waals surface area contributed by atoms with Gasteiger partial charge < -0.3 is 10.6 Å². The Balaban J connectivity index is 2.29. The maximum Gasteiger partial charge on any atom is 0.148 e. The lowest BCUT2D eigenvalue weighted by Crippen LogP contribution is -2.24. The third-order valence-corrected chi connectivity index (χ3v) is 3.56. The van der Waals surface area contributed by atoms with Gasteiger partial charge in [-0.05, 0) is 37.6 Å². The summed E-state index contributed by atoms with van der Waals surface area (Å²) >= 11 is 6.38. The average molecular weight is 291 g/mol. The first-order chi connectivity index (χ1) is 9.65. The molecular formula is C15H19ClN4. The molecule has 0 bridgehead atoms. The lowest BCUT2D eigenvalue weighted by molar-refractivity contribution is 0.789. The Kier molecular flexibility index (Phi) is 4.93. The van der Waals surface area contributed by atoms with Gasteiger partial charge in [0.15, 0.2) is 0 Å². The second kappa shape index (κ2) is 6.68. The van der Waals surface area contributed by atoms with Crippen molar-refractivity contribution in [2.24, 2.45) is 5.73 Å². The van der Waals surface area contributed by atoms with E-state index in [0.29, 0.717) is 18.1 Å². The standard InChI is InChI=1S/C15H19ClN4/c1-3-20(10-13-6-4-5-11(2)19-13)15-14(16)12(9-17)7-8-18-15/h4-8H,3,9-10,17H2,1-2H3. The Bertz CT molecular complexity index is 586. The average Bonchev–Trinajstić information content (AvgIpc) is 2.45. The molecule has 0 saturated heterocycles. The zero-order chi connectivity index (χ0) is 14.5. The second-order valence-corrected chi connectivity index (χ2v) is 4.97. The first kappa shape index (κ1) is 14.8. The van der Waals surface area contributed by atoms with Crippen LogP contribution in [0.2, 0.25) is 5.02 Å². The molecule has 2 N–H and O–H groups in total. The van der Waals surface area contributed by atoms with E-state index in [1.807, 2.05) is 31.2 Å². The molecule has 0 aliphatic carbocycles. The van der Waals surface area contributed by atoms with Crippen LogP contribution in [-0.2, 0) is 13.1 Å². The molecule has 4 nitrogen and oxygen atoms in total. The summed E-state index contributed by atoms with van der Waals surface area (Å²) in [4.78, 5) is 11.0. The molecule has 106 valence electrons. The third kappa shape index (κ3) is 3.26. The molecule has 2 heterocycles. The quantitative estimate of drug-likeness (QED) is 0.920. The largest absolute Gasteiger partial charge is 0.350 e. The van der Waals surface area contributed by atoms with Gasteiger partial charge in [0.25, 0.3) is 0 Å². The van der Waals surface area contributed by atoms with Crippen LogP contribution in [0.1, 0.15) is 23.9 Å². The Hall–Kier alpha value is -1.65. The maximum atomic E-state index is 6.38. The number of pyridine rings is 2. The number of nitrogens with two attached hydrogens (primary N) is 1. The fraction of sp³-hybridized carbons (Fsp3) is 0.333. The Labute approximate surface area is 124 Å². The van der Waals surface area contributed by atoms with E-state index in [0.717, 1.165) is 29.3 Å². The minimum Gasteiger partial charge on any atom is -0.350 e. The van der Waals surface area contributed by atoms with Crippen molar-refractivity contribution >= 4 is 17.4 Å². The topological polar surface area (TPSA) is 55.0 Å². The number of aryl methyl sites for hydroxylation is 1. The zero-order valence-electron chi connectivity index (χ0n) is 11.8. The molecule has 0 amide bonds. The summed E-state index contributed by atoms with van der Waals surface area (Å²) < 4.78 is 0. The van der Waals surface area contributed by atoms with Crippen molar-refractivity contribution in [3.63, 3.8) is 0 Å². The minimum absolute atomic E-state index is 0.411. The van der Waals surface area contributed by atoms with Crippen molar-refractivity contribution < 1.29 is 0 Å². The van der Waals surface area contributed by atoms with Crippen molar-refractivity contribution in [3.05, 3.63) is 52.4 Å². The second-order valence-electron chi connectivity index (χ2n) is 4.60. The van der Waals surface area contributed by atoms with E-state index in [4.69, 9.17) is 17.3 Å². The smallest absolute Gasteiger partial charge is 0.148 e. The molecule has 0 spiro atoms. The summed E-state index contributed by atoms with van der Waals surface area (Å²) in [5.74, 6) is 0.764. The van der Waals surface area contributed by atoms with Gasteiger partial charge in [0.2, 0.25) is 0 Å². The highest BCUT2D eigenvalue weighted by Gasteiger charge is 2.14. The molecule has 0 saturated carbocycles. The monoisotopic (exact) mass is 290 g/mol. The van der Waals surface area contributed by atoms with E-state index >= 15 is 0 Å². The molecule has 20 heavy (non-hydrogen) atoms. The van der Waals surface area contributed by atoms with E-state index in [2.05, 4.69) is 21.8 Å². The number of aromatic nitrogens is 2. The van der Waals surface area contributed by atoms with E-state index < -0.39 is 0 Å². The zero-order valence-corrected chi connectivity index (χ0v) is 12.6. The fourth-order valence-corrected chi connectivity index (χ4v) is 2.38. The van der Waals surface area contributed by atoms with Crippen molar-refractivity contribution in [3.8, 4) is 0 Å². The van der Waals surface area contributed by atoms with Gasteiger partial charge in [0.05, 0.1) is 17.3 Å². The van der Waals surface area contributed by atoms with Gasteiger partial charge in [-0.3, -0.25) is 4.98 Å². The number of nitrogens with zero attached hydrogens (tertiary/aromatic N) is 3. The first-order valence-corrected chi connectivity index (χ1v) is 7.04. The molecule has 0 atom stereocenters. The number of halogens is 1. The van der Waals surface area contributed by atoms with Crippen LogP contribution >= 0.6 is 11.6 Å². The lowest BCUT2D eigenvalue weighted by atomic mass is 10.2. The van der Waals surface area contributed by atoms with Gasteiger partial charge in [0, 0.05) is 25.0 Å². The molecular weight excluding hydrogens is 272 g/mol. The van der Waals surface area contributed by atoms with Crippen LogP contribution in [0.15, 0.2) is 30.5 Å². The summed E-state index contributed by atoms with van der Waals surface area (Å²) in [6, 6.07) is 7.86. The van der Waals surface area contributed by atoms with Crippen molar-refractivity contribution in [2.45, 2.75) is 26.9 Å². The first-order valence-electron chi connectivity index (χ1n) is 6.66. The number of rotatable bonds is 5. The Morgan fingerprint density at radius 3 is 2.75 bits per heavy atom. The molecule has 0 aliphatic rings. The van der Waals surface area contributed by atoms with Gasteiger partial charge >= 0.3 is 0 Å². The van der Waals surface area contributed by atoms with Gasteiger partial charge in [-0.25, -0.2) is 4.98 Å². The van der Waals surface area contributed by atoms with Crippen molar-refractivity contribution in [1.29, 1.82) is 0 Å². The van der Waals surface area contributed by atoms with Crippen LogP contribution in [-0.4, -0.2) is 16.5 Å².